The second-order valence-corrected chi connectivity index (χ2v) is 6.16. The van der Waals surface area contributed by atoms with Crippen LogP contribution in [-0.4, -0.2) is 50.9 Å². The van der Waals surface area contributed by atoms with Crippen LogP contribution in [0.15, 0.2) is 18.2 Å². The molecule has 4 nitrogen and oxygen atoms in total. The van der Waals surface area contributed by atoms with E-state index in [0.29, 0.717) is 12.6 Å². The van der Waals surface area contributed by atoms with Crippen molar-refractivity contribution < 1.29 is 9.47 Å². The van der Waals surface area contributed by atoms with Crippen LogP contribution in [0.1, 0.15) is 24.5 Å². The zero-order chi connectivity index (χ0) is 15.5. The molecule has 2 atom stereocenters. The number of aryl methyl sites for hydroxylation is 1. The Balaban J connectivity index is 2.26. The molecule has 118 valence electrons. The standard InChI is InChI=1S/C17H28N2O2/c1-13(11-20-3)19(2)17(12-18)8-7-14-5-6-16(21-4)9-15(14)10-17/h5-6,9,13H,7-8,10-12,18H2,1-4H3. The molecule has 1 aromatic carbocycles. The molecule has 0 aromatic heterocycles. The molecule has 0 radical (unpaired) electrons. The number of methoxy groups -OCH3 is 2. The molecular weight excluding hydrogens is 264 g/mol. The SMILES string of the molecule is COCC(C)N(C)C1(CN)CCc2ccc(OC)cc2C1. The van der Waals surface area contributed by atoms with Gasteiger partial charge < -0.3 is 15.2 Å². The highest BCUT2D eigenvalue weighted by molar-refractivity contribution is 5.39. The Bertz CT molecular complexity index is 478. The number of nitrogens with two attached hydrogens (primary N) is 1. The van der Waals surface area contributed by atoms with Gasteiger partial charge in [0.15, 0.2) is 0 Å². The summed E-state index contributed by atoms with van der Waals surface area (Å²) >= 11 is 0. The molecule has 4 heteroatoms. The molecule has 1 aliphatic carbocycles. The summed E-state index contributed by atoms with van der Waals surface area (Å²) in [7, 11) is 5.63. The number of ether oxygens (including phenoxy) is 2. The van der Waals surface area contributed by atoms with Crippen molar-refractivity contribution in [2.75, 3.05) is 34.4 Å². The first-order valence-corrected chi connectivity index (χ1v) is 7.64. The maximum Gasteiger partial charge on any atom is 0.119 e. The highest BCUT2D eigenvalue weighted by Crippen LogP contribution is 2.34. The third-order valence-corrected chi connectivity index (χ3v) is 4.99. The summed E-state index contributed by atoms with van der Waals surface area (Å²) in [6.07, 6.45) is 3.13. The highest BCUT2D eigenvalue weighted by atomic mass is 16.5. The van der Waals surface area contributed by atoms with Crippen molar-refractivity contribution in [3.63, 3.8) is 0 Å². The fourth-order valence-corrected chi connectivity index (χ4v) is 3.39. The third-order valence-electron chi connectivity index (χ3n) is 4.99. The predicted octanol–water partition coefficient (Wildman–Crippen LogP) is 1.85. The number of benzene rings is 1. The smallest absolute Gasteiger partial charge is 0.119 e. The monoisotopic (exact) mass is 292 g/mol. The molecule has 2 N–H and O–H groups in total. The predicted molar refractivity (Wildman–Crippen MR) is 85.9 cm³/mol. The molecule has 21 heavy (non-hydrogen) atoms. The van der Waals surface area contributed by atoms with Crippen molar-refractivity contribution in [2.45, 2.75) is 37.8 Å². The van der Waals surface area contributed by atoms with E-state index in [-0.39, 0.29) is 5.54 Å². The van der Waals surface area contributed by atoms with E-state index in [2.05, 4.69) is 31.0 Å². The van der Waals surface area contributed by atoms with E-state index in [9.17, 15) is 0 Å². The van der Waals surface area contributed by atoms with Gasteiger partial charge in [-0.25, -0.2) is 0 Å². The first-order chi connectivity index (χ1) is 10.1. The van der Waals surface area contributed by atoms with Gasteiger partial charge in [0.25, 0.3) is 0 Å². The van der Waals surface area contributed by atoms with E-state index in [1.807, 2.05) is 6.07 Å². The first-order valence-electron chi connectivity index (χ1n) is 7.64. The molecule has 1 aliphatic rings. The summed E-state index contributed by atoms with van der Waals surface area (Å²) in [6, 6.07) is 6.75. The molecule has 0 spiro atoms. The molecule has 0 bridgehead atoms. The van der Waals surface area contributed by atoms with Crippen molar-refractivity contribution >= 4 is 0 Å². The van der Waals surface area contributed by atoms with Crippen LogP contribution in [0, 0.1) is 0 Å². The number of likely N-dealkylation sites (N-methyl/N-ethyl adjacent to an activating group) is 1. The van der Waals surface area contributed by atoms with Gasteiger partial charge in [0.1, 0.15) is 5.75 Å². The number of hydrogen-bond donors (Lipinski definition) is 1. The van der Waals surface area contributed by atoms with Gasteiger partial charge in [-0.15, -0.1) is 0 Å². The fraction of sp³-hybridized carbons (Fsp3) is 0.647. The van der Waals surface area contributed by atoms with Crippen LogP contribution in [0.2, 0.25) is 0 Å². The van der Waals surface area contributed by atoms with E-state index in [1.54, 1.807) is 14.2 Å². The van der Waals surface area contributed by atoms with Crippen molar-refractivity contribution in [1.82, 2.24) is 4.90 Å². The molecule has 0 amide bonds. The Labute approximate surface area is 128 Å². The molecule has 0 saturated heterocycles. The van der Waals surface area contributed by atoms with Crippen LogP contribution in [0.3, 0.4) is 0 Å². The maximum atomic E-state index is 6.19. The lowest BCUT2D eigenvalue weighted by atomic mass is 9.76. The number of rotatable bonds is 6. The van der Waals surface area contributed by atoms with Crippen LogP contribution in [-0.2, 0) is 17.6 Å². The Hall–Kier alpha value is -1.10. The van der Waals surface area contributed by atoms with Crippen LogP contribution in [0.25, 0.3) is 0 Å². The van der Waals surface area contributed by atoms with Crippen LogP contribution < -0.4 is 10.5 Å². The molecule has 0 aliphatic heterocycles. The minimum absolute atomic E-state index is 0.0112. The van der Waals surface area contributed by atoms with Crippen LogP contribution in [0.5, 0.6) is 5.75 Å². The summed E-state index contributed by atoms with van der Waals surface area (Å²) in [4.78, 5) is 2.40. The van der Waals surface area contributed by atoms with Gasteiger partial charge in [-0.2, -0.15) is 0 Å². The minimum atomic E-state index is 0.0112. The fourth-order valence-electron chi connectivity index (χ4n) is 3.39. The lowest BCUT2D eigenvalue weighted by Gasteiger charge is -2.47. The molecule has 0 saturated carbocycles. The Morgan fingerprint density at radius 3 is 2.71 bits per heavy atom. The van der Waals surface area contributed by atoms with Gasteiger partial charge in [-0.05, 0) is 56.5 Å². The van der Waals surface area contributed by atoms with E-state index < -0.39 is 0 Å². The largest absolute Gasteiger partial charge is 0.497 e. The Morgan fingerprint density at radius 2 is 2.10 bits per heavy atom. The average Bonchev–Trinajstić information content (AvgIpc) is 2.53. The molecule has 0 fully saturated rings. The summed E-state index contributed by atoms with van der Waals surface area (Å²) in [5.41, 5.74) is 8.99. The number of nitrogens with zero attached hydrogens (tertiary/aromatic N) is 1. The zero-order valence-electron chi connectivity index (χ0n) is 13.7. The molecule has 0 heterocycles. The summed E-state index contributed by atoms with van der Waals surface area (Å²) in [5.74, 6) is 0.925. The number of fused-ring (bicyclic) bond motifs is 1. The summed E-state index contributed by atoms with van der Waals surface area (Å²) < 4.78 is 10.7. The average molecular weight is 292 g/mol. The van der Waals surface area contributed by atoms with Crippen LogP contribution >= 0.6 is 0 Å². The third kappa shape index (κ3) is 3.23. The van der Waals surface area contributed by atoms with Crippen molar-refractivity contribution in [3.05, 3.63) is 29.3 Å². The number of hydrogen-bond acceptors (Lipinski definition) is 4. The van der Waals surface area contributed by atoms with E-state index in [0.717, 1.165) is 31.6 Å². The summed E-state index contributed by atoms with van der Waals surface area (Å²) in [5, 5.41) is 0. The molecule has 2 rings (SSSR count). The Kier molecular flexibility index (Phi) is 5.25. The first kappa shape index (κ1) is 16.3. The Morgan fingerprint density at radius 1 is 1.33 bits per heavy atom. The van der Waals surface area contributed by atoms with E-state index in [1.165, 1.54) is 11.1 Å². The van der Waals surface area contributed by atoms with Gasteiger partial charge >= 0.3 is 0 Å². The van der Waals surface area contributed by atoms with Crippen molar-refractivity contribution in [3.8, 4) is 5.75 Å². The second-order valence-electron chi connectivity index (χ2n) is 6.16. The van der Waals surface area contributed by atoms with Gasteiger partial charge in [-0.1, -0.05) is 6.07 Å². The lowest BCUT2D eigenvalue weighted by molar-refractivity contribution is 0.0295. The van der Waals surface area contributed by atoms with Crippen LogP contribution in [0.4, 0.5) is 0 Å². The minimum Gasteiger partial charge on any atom is -0.497 e. The second kappa shape index (κ2) is 6.77. The van der Waals surface area contributed by atoms with Gasteiger partial charge in [-0.3, -0.25) is 4.90 Å². The molecular formula is C17H28N2O2. The molecule has 2 unspecified atom stereocenters. The zero-order valence-corrected chi connectivity index (χ0v) is 13.7. The van der Waals surface area contributed by atoms with Crippen molar-refractivity contribution in [1.29, 1.82) is 0 Å². The topological polar surface area (TPSA) is 47.7 Å². The quantitative estimate of drug-likeness (QED) is 0.869. The highest BCUT2D eigenvalue weighted by Gasteiger charge is 2.38. The normalized spacial score (nSPS) is 23.0. The lowest BCUT2D eigenvalue weighted by Crippen LogP contribution is -2.59. The van der Waals surface area contributed by atoms with E-state index in [4.69, 9.17) is 15.2 Å². The van der Waals surface area contributed by atoms with Gasteiger partial charge in [0.05, 0.1) is 13.7 Å². The van der Waals surface area contributed by atoms with Crippen molar-refractivity contribution in [2.24, 2.45) is 5.73 Å². The molecule has 1 aromatic rings. The maximum absolute atomic E-state index is 6.19. The van der Waals surface area contributed by atoms with Gasteiger partial charge in [0.2, 0.25) is 0 Å². The summed E-state index contributed by atoms with van der Waals surface area (Å²) in [6.45, 7) is 3.58. The van der Waals surface area contributed by atoms with E-state index >= 15 is 0 Å². The van der Waals surface area contributed by atoms with Gasteiger partial charge in [0, 0.05) is 25.2 Å².